The van der Waals surface area contributed by atoms with Gasteiger partial charge in [0, 0.05) is 6.04 Å². The first-order chi connectivity index (χ1) is 10.1. The molecule has 0 saturated heterocycles. The molecule has 3 nitrogen and oxygen atoms in total. The van der Waals surface area contributed by atoms with E-state index in [1.807, 2.05) is 24.3 Å². The van der Waals surface area contributed by atoms with Crippen LogP contribution in [0.1, 0.15) is 56.8 Å². The van der Waals surface area contributed by atoms with Crippen molar-refractivity contribution in [3.8, 4) is 11.5 Å². The maximum absolute atomic E-state index is 5.95. The number of pyridine rings is 1. The van der Waals surface area contributed by atoms with Crippen molar-refractivity contribution in [2.45, 2.75) is 45.6 Å². The number of nitrogens with zero attached hydrogens (tertiary/aromatic N) is 1. The molecule has 1 aromatic carbocycles. The minimum atomic E-state index is -0.00568. The molecule has 2 atom stereocenters. The zero-order valence-electron chi connectivity index (χ0n) is 13.0. The van der Waals surface area contributed by atoms with Crippen LogP contribution in [0.4, 0.5) is 0 Å². The Bertz CT molecular complexity index is 497. The van der Waals surface area contributed by atoms with Crippen LogP contribution in [0, 0.1) is 0 Å². The Morgan fingerprint density at radius 2 is 1.67 bits per heavy atom. The van der Waals surface area contributed by atoms with Crippen LogP contribution < -0.4 is 10.5 Å². The predicted octanol–water partition coefficient (Wildman–Crippen LogP) is 4.80. The molecule has 0 aliphatic carbocycles. The third-order valence-corrected chi connectivity index (χ3v) is 3.88. The summed E-state index contributed by atoms with van der Waals surface area (Å²) in [7, 11) is 0. The summed E-state index contributed by atoms with van der Waals surface area (Å²) in [4.78, 5) is 4.35. The molecule has 0 fully saturated rings. The first-order valence-corrected chi connectivity index (χ1v) is 7.63. The summed E-state index contributed by atoms with van der Waals surface area (Å²) in [5.74, 6) is 2.14. The molecule has 0 radical (unpaired) electrons. The van der Waals surface area contributed by atoms with Gasteiger partial charge in [-0.3, -0.25) is 4.98 Å². The number of rotatable bonds is 6. The average Bonchev–Trinajstić information content (AvgIpc) is 2.55. The Balaban J connectivity index is 2.04. The van der Waals surface area contributed by atoms with Crippen LogP contribution in [-0.2, 0) is 0 Å². The maximum atomic E-state index is 5.95. The van der Waals surface area contributed by atoms with Gasteiger partial charge in [0.15, 0.2) is 0 Å². The van der Waals surface area contributed by atoms with Gasteiger partial charge in [0.25, 0.3) is 0 Å². The van der Waals surface area contributed by atoms with Crippen LogP contribution in [0.25, 0.3) is 0 Å². The molecular formula is C18H24N2O. The van der Waals surface area contributed by atoms with Crippen molar-refractivity contribution < 1.29 is 4.74 Å². The zero-order valence-corrected chi connectivity index (χ0v) is 13.0. The SMILES string of the molecule is CCC(C)c1ccc(Oc2ccc([C@H](N)CC)nc2)cc1. The zero-order chi connectivity index (χ0) is 15.2. The first-order valence-electron chi connectivity index (χ1n) is 7.63. The number of hydrogen-bond acceptors (Lipinski definition) is 3. The summed E-state index contributed by atoms with van der Waals surface area (Å²) >= 11 is 0. The Labute approximate surface area is 127 Å². The fourth-order valence-corrected chi connectivity index (χ4v) is 2.12. The smallest absolute Gasteiger partial charge is 0.145 e. The molecule has 21 heavy (non-hydrogen) atoms. The highest BCUT2D eigenvalue weighted by molar-refractivity contribution is 5.33. The number of hydrogen-bond donors (Lipinski definition) is 1. The van der Waals surface area contributed by atoms with Gasteiger partial charge in [-0.2, -0.15) is 0 Å². The second-order valence-electron chi connectivity index (χ2n) is 5.41. The van der Waals surface area contributed by atoms with Crippen LogP contribution in [0.2, 0.25) is 0 Å². The lowest BCUT2D eigenvalue weighted by molar-refractivity contribution is 0.478. The van der Waals surface area contributed by atoms with Gasteiger partial charge >= 0.3 is 0 Å². The van der Waals surface area contributed by atoms with E-state index in [2.05, 4.69) is 37.9 Å². The largest absolute Gasteiger partial charge is 0.456 e. The van der Waals surface area contributed by atoms with Crippen LogP contribution in [0.5, 0.6) is 11.5 Å². The Kier molecular flexibility index (Phi) is 5.34. The molecule has 2 rings (SSSR count). The van der Waals surface area contributed by atoms with Gasteiger partial charge in [0.2, 0.25) is 0 Å². The van der Waals surface area contributed by atoms with Gasteiger partial charge < -0.3 is 10.5 Å². The highest BCUT2D eigenvalue weighted by Crippen LogP contribution is 2.25. The Morgan fingerprint density at radius 3 is 2.19 bits per heavy atom. The monoisotopic (exact) mass is 284 g/mol. The molecule has 1 unspecified atom stereocenters. The topological polar surface area (TPSA) is 48.1 Å². The number of aromatic nitrogens is 1. The fourth-order valence-electron chi connectivity index (χ4n) is 2.12. The molecule has 0 spiro atoms. The van der Waals surface area contributed by atoms with Crippen LogP contribution >= 0.6 is 0 Å². The van der Waals surface area contributed by atoms with E-state index in [0.29, 0.717) is 5.92 Å². The summed E-state index contributed by atoms with van der Waals surface area (Å²) in [5.41, 5.74) is 8.19. The minimum absolute atomic E-state index is 0.00568. The normalized spacial score (nSPS) is 13.7. The van der Waals surface area contributed by atoms with Crippen molar-refractivity contribution >= 4 is 0 Å². The summed E-state index contributed by atoms with van der Waals surface area (Å²) in [6.45, 7) is 6.48. The standard InChI is InChI=1S/C18H24N2O/c1-4-13(3)14-6-8-15(9-7-14)21-16-10-11-18(20-12-16)17(19)5-2/h6-13,17H,4-5,19H2,1-3H3/t13?,17-/m1/s1. The van der Waals surface area contributed by atoms with E-state index in [9.17, 15) is 0 Å². The highest BCUT2D eigenvalue weighted by Gasteiger charge is 2.06. The molecule has 1 heterocycles. The molecule has 0 amide bonds. The molecule has 0 bridgehead atoms. The number of nitrogens with two attached hydrogens (primary N) is 1. The third kappa shape index (κ3) is 4.05. The van der Waals surface area contributed by atoms with Crippen LogP contribution in [0.15, 0.2) is 42.6 Å². The molecule has 3 heteroatoms. The quantitative estimate of drug-likeness (QED) is 0.829. The van der Waals surface area contributed by atoms with E-state index >= 15 is 0 Å². The lowest BCUT2D eigenvalue weighted by Crippen LogP contribution is -2.10. The molecular weight excluding hydrogens is 260 g/mol. The van der Waals surface area contributed by atoms with Gasteiger partial charge in [-0.25, -0.2) is 0 Å². The van der Waals surface area contributed by atoms with Crippen molar-refractivity contribution in [3.05, 3.63) is 53.9 Å². The third-order valence-electron chi connectivity index (χ3n) is 3.88. The van der Waals surface area contributed by atoms with E-state index in [0.717, 1.165) is 30.0 Å². The van der Waals surface area contributed by atoms with Crippen molar-refractivity contribution in [2.75, 3.05) is 0 Å². The second-order valence-corrected chi connectivity index (χ2v) is 5.41. The van der Waals surface area contributed by atoms with E-state index < -0.39 is 0 Å². The molecule has 0 aliphatic heterocycles. The molecule has 2 N–H and O–H groups in total. The summed E-state index contributed by atoms with van der Waals surface area (Å²) < 4.78 is 5.81. The van der Waals surface area contributed by atoms with Gasteiger partial charge in [-0.1, -0.05) is 32.9 Å². The summed E-state index contributed by atoms with van der Waals surface area (Å²) in [5, 5.41) is 0. The molecule has 2 aromatic rings. The van der Waals surface area contributed by atoms with Crippen molar-refractivity contribution in [3.63, 3.8) is 0 Å². The van der Waals surface area contributed by atoms with Crippen LogP contribution in [-0.4, -0.2) is 4.98 Å². The minimum Gasteiger partial charge on any atom is -0.456 e. The van der Waals surface area contributed by atoms with Gasteiger partial charge in [-0.05, 0) is 48.6 Å². The van der Waals surface area contributed by atoms with Gasteiger partial charge in [-0.15, -0.1) is 0 Å². The molecule has 112 valence electrons. The number of ether oxygens (including phenoxy) is 1. The van der Waals surface area contributed by atoms with Crippen molar-refractivity contribution in [2.24, 2.45) is 5.73 Å². The first kappa shape index (κ1) is 15.5. The predicted molar refractivity (Wildman–Crippen MR) is 86.7 cm³/mol. The molecule has 0 aliphatic rings. The second kappa shape index (κ2) is 7.23. The highest BCUT2D eigenvalue weighted by atomic mass is 16.5. The summed E-state index contributed by atoms with van der Waals surface area (Å²) in [6.07, 6.45) is 3.75. The van der Waals surface area contributed by atoms with Crippen molar-refractivity contribution in [1.29, 1.82) is 0 Å². The van der Waals surface area contributed by atoms with Crippen LogP contribution in [0.3, 0.4) is 0 Å². The molecule has 0 saturated carbocycles. The maximum Gasteiger partial charge on any atom is 0.145 e. The van der Waals surface area contributed by atoms with E-state index in [-0.39, 0.29) is 6.04 Å². The lowest BCUT2D eigenvalue weighted by Gasteiger charge is -2.11. The van der Waals surface area contributed by atoms with Gasteiger partial charge in [0.1, 0.15) is 11.5 Å². The van der Waals surface area contributed by atoms with Gasteiger partial charge in [0.05, 0.1) is 11.9 Å². The average molecular weight is 284 g/mol. The lowest BCUT2D eigenvalue weighted by atomic mass is 9.99. The van der Waals surface area contributed by atoms with E-state index in [4.69, 9.17) is 10.5 Å². The molecule has 1 aromatic heterocycles. The fraction of sp³-hybridized carbons (Fsp3) is 0.389. The summed E-state index contributed by atoms with van der Waals surface area (Å²) in [6, 6.07) is 12.1. The number of benzene rings is 1. The van der Waals surface area contributed by atoms with E-state index in [1.54, 1.807) is 6.20 Å². The van der Waals surface area contributed by atoms with E-state index in [1.165, 1.54) is 5.56 Å². The van der Waals surface area contributed by atoms with Crippen molar-refractivity contribution in [1.82, 2.24) is 4.98 Å². The Morgan fingerprint density at radius 1 is 1.00 bits per heavy atom. The Hall–Kier alpha value is -1.87.